The summed E-state index contributed by atoms with van der Waals surface area (Å²) in [7, 11) is 0. The first-order valence-electron chi connectivity index (χ1n) is 7.19. The molecule has 0 aliphatic rings. The molecule has 4 nitrogen and oxygen atoms in total. The Labute approximate surface area is 124 Å². The van der Waals surface area contributed by atoms with Gasteiger partial charge in [0.15, 0.2) is 6.10 Å². The van der Waals surface area contributed by atoms with Gasteiger partial charge in [0.2, 0.25) is 0 Å². The van der Waals surface area contributed by atoms with Crippen LogP contribution in [0.4, 0.5) is 0 Å². The van der Waals surface area contributed by atoms with Crippen LogP contribution >= 0.6 is 0 Å². The lowest BCUT2D eigenvalue weighted by molar-refractivity contribution is -0.199. The summed E-state index contributed by atoms with van der Waals surface area (Å²) in [5.74, 6) is -0.385. The Morgan fingerprint density at radius 3 is 1.45 bits per heavy atom. The van der Waals surface area contributed by atoms with Gasteiger partial charge >= 0.3 is 5.97 Å². The average Bonchev–Trinajstić information content (AvgIpc) is 2.06. The van der Waals surface area contributed by atoms with Gasteiger partial charge < -0.3 is 14.2 Å². The predicted molar refractivity (Wildman–Crippen MR) is 80.8 cm³/mol. The number of carbonyl (C=O) groups excluding carboxylic acids is 1. The zero-order valence-corrected chi connectivity index (χ0v) is 14.8. The van der Waals surface area contributed by atoms with Crippen LogP contribution in [0.2, 0.25) is 0 Å². The number of esters is 1. The molecule has 0 fully saturated rings. The van der Waals surface area contributed by atoms with Crippen LogP contribution in [-0.4, -0.2) is 35.0 Å². The molecule has 0 aromatic heterocycles. The third-order valence-electron chi connectivity index (χ3n) is 2.09. The number of ether oxygens (including phenoxy) is 3. The first-order valence-corrected chi connectivity index (χ1v) is 7.19. The van der Waals surface area contributed by atoms with Crippen LogP contribution in [0.1, 0.15) is 69.2 Å². The van der Waals surface area contributed by atoms with E-state index in [2.05, 4.69) is 0 Å². The van der Waals surface area contributed by atoms with Crippen molar-refractivity contribution in [1.82, 2.24) is 0 Å². The van der Waals surface area contributed by atoms with Crippen molar-refractivity contribution in [3.05, 3.63) is 0 Å². The fourth-order valence-corrected chi connectivity index (χ4v) is 1.70. The maximum Gasteiger partial charge on any atom is 0.338 e. The van der Waals surface area contributed by atoms with E-state index in [-0.39, 0.29) is 17.7 Å². The lowest BCUT2D eigenvalue weighted by Crippen LogP contribution is -2.46. The molecule has 0 bridgehead atoms. The Morgan fingerprint density at radius 1 is 0.750 bits per heavy atom. The van der Waals surface area contributed by atoms with E-state index in [1.807, 2.05) is 69.2 Å². The number of carbonyl (C=O) groups is 1. The molecule has 0 amide bonds. The second-order valence-electron chi connectivity index (χ2n) is 8.12. The first-order chi connectivity index (χ1) is 8.61. The van der Waals surface area contributed by atoms with Gasteiger partial charge in [0.25, 0.3) is 0 Å². The molecule has 0 saturated carbocycles. The lowest BCUT2D eigenvalue weighted by Gasteiger charge is -2.35. The van der Waals surface area contributed by atoms with Crippen molar-refractivity contribution in [3.8, 4) is 0 Å². The molecule has 0 rings (SSSR count). The summed E-state index contributed by atoms with van der Waals surface area (Å²) in [4.78, 5) is 12.3. The van der Waals surface area contributed by atoms with E-state index in [0.29, 0.717) is 0 Å². The third-order valence-corrected chi connectivity index (χ3v) is 2.09. The Bertz CT molecular complexity index is 315. The summed E-state index contributed by atoms with van der Waals surface area (Å²) < 4.78 is 17.1. The highest BCUT2D eigenvalue weighted by Gasteiger charge is 2.36. The zero-order chi connectivity index (χ0) is 16.4. The Kier molecular flexibility index (Phi) is 6.24. The fraction of sp³-hybridized carbons (Fsp3) is 0.938. The largest absolute Gasteiger partial charge is 0.458 e. The fourth-order valence-electron chi connectivity index (χ4n) is 1.70. The molecule has 4 heteroatoms. The van der Waals surface area contributed by atoms with Gasteiger partial charge in [-0.25, -0.2) is 4.79 Å². The van der Waals surface area contributed by atoms with E-state index in [0.717, 1.165) is 0 Å². The van der Waals surface area contributed by atoms with E-state index < -0.39 is 17.3 Å². The van der Waals surface area contributed by atoms with Gasteiger partial charge in [-0.1, -0.05) is 0 Å². The molecule has 0 aliphatic carbocycles. The highest BCUT2D eigenvalue weighted by atomic mass is 16.6. The molecule has 20 heavy (non-hydrogen) atoms. The third kappa shape index (κ3) is 9.32. The molecule has 0 aromatic carbocycles. The number of rotatable bonds is 4. The van der Waals surface area contributed by atoms with Crippen molar-refractivity contribution in [2.24, 2.45) is 0 Å². The molecule has 0 spiro atoms. The van der Waals surface area contributed by atoms with Gasteiger partial charge in [-0.05, 0) is 69.2 Å². The van der Waals surface area contributed by atoms with Crippen molar-refractivity contribution in [2.75, 3.05) is 0 Å². The predicted octanol–water partition coefficient (Wildman–Crippen LogP) is 3.72. The van der Waals surface area contributed by atoms with Crippen molar-refractivity contribution in [3.63, 3.8) is 0 Å². The van der Waals surface area contributed by atoms with Crippen molar-refractivity contribution in [1.29, 1.82) is 0 Å². The summed E-state index contributed by atoms with van der Waals surface area (Å²) in [6.45, 7) is 18.9. The molecule has 0 saturated heterocycles. The van der Waals surface area contributed by atoms with Crippen LogP contribution in [0.25, 0.3) is 0 Å². The summed E-state index contributed by atoms with van der Waals surface area (Å²) >= 11 is 0. The highest BCUT2D eigenvalue weighted by Crippen LogP contribution is 2.22. The quantitative estimate of drug-likeness (QED) is 0.740. The average molecular weight is 288 g/mol. The molecule has 0 heterocycles. The summed E-state index contributed by atoms with van der Waals surface area (Å²) in [5.41, 5.74) is -1.34. The minimum atomic E-state index is -0.742. The lowest BCUT2D eigenvalue weighted by atomic mass is 10.1. The van der Waals surface area contributed by atoms with E-state index in [1.54, 1.807) is 0 Å². The second-order valence-corrected chi connectivity index (χ2v) is 8.12. The molecule has 2 unspecified atom stereocenters. The van der Waals surface area contributed by atoms with Gasteiger partial charge in [0, 0.05) is 0 Å². The van der Waals surface area contributed by atoms with Crippen LogP contribution in [-0.2, 0) is 19.0 Å². The minimum Gasteiger partial charge on any atom is -0.458 e. The maximum atomic E-state index is 12.3. The second kappa shape index (κ2) is 6.44. The standard InChI is InChI=1S/C16H32O4/c1-11(18-14(2,3)4)12(19-15(5,6)7)13(17)20-16(8,9)10/h11-12H,1-10H3. The highest BCUT2D eigenvalue weighted by molar-refractivity contribution is 5.76. The summed E-state index contributed by atoms with van der Waals surface area (Å²) in [6, 6.07) is 0. The molecular formula is C16H32O4. The van der Waals surface area contributed by atoms with Gasteiger partial charge in [-0.2, -0.15) is 0 Å². The topological polar surface area (TPSA) is 44.8 Å². The van der Waals surface area contributed by atoms with E-state index in [4.69, 9.17) is 14.2 Å². The molecular weight excluding hydrogens is 256 g/mol. The zero-order valence-electron chi connectivity index (χ0n) is 14.8. The smallest absolute Gasteiger partial charge is 0.338 e. The molecule has 0 aliphatic heterocycles. The number of hydrogen-bond acceptors (Lipinski definition) is 4. The van der Waals surface area contributed by atoms with Crippen molar-refractivity contribution in [2.45, 2.75) is 98.2 Å². The summed E-state index contributed by atoms with van der Waals surface area (Å²) in [5, 5.41) is 0. The van der Waals surface area contributed by atoms with Gasteiger partial charge in [0.1, 0.15) is 5.60 Å². The number of hydrogen-bond donors (Lipinski definition) is 0. The minimum absolute atomic E-state index is 0.346. The van der Waals surface area contributed by atoms with Gasteiger partial charge in [0.05, 0.1) is 17.3 Å². The van der Waals surface area contributed by atoms with Gasteiger partial charge in [-0.3, -0.25) is 0 Å². The van der Waals surface area contributed by atoms with Crippen molar-refractivity contribution < 1.29 is 19.0 Å². The van der Waals surface area contributed by atoms with E-state index in [9.17, 15) is 4.79 Å². The Balaban J connectivity index is 5.03. The Hall–Kier alpha value is -0.610. The first kappa shape index (κ1) is 19.4. The van der Waals surface area contributed by atoms with Crippen molar-refractivity contribution >= 4 is 5.97 Å². The van der Waals surface area contributed by atoms with E-state index >= 15 is 0 Å². The molecule has 0 aromatic rings. The van der Waals surface area contributed by atoms with Crippen LogP contribution in [0, 0.1) is 0 Å². The van der Waals surface area contributed by atoms with E-state index in [1.165, 1.54) is 0 Å². The Morgan fingerprint density at radius 2 is 1.15 bits per heavy atom. The molecule has 0 N–H and O–H groups in total. The maximum absolute atomic E-state index is 12.3. The monoisotopic (exact) mass is 288 g/mol. The van der Waals surface area contributed by atoms with Crippen LogP contribution in [0.5, 0.6) is 0 Å². The molecule has 120 valence electrons. The van der Waals surface area contributed by atoms with Crippen LogP contribution < -0.4 is 0 Å². The van der Waals surface area contributed by atoms with Crippen LogP contribution in [0.3, 0.4) is 0 Å². The summed E-state index contributed by atoms with van der Waals surface area (Å²) in [6.07, 6.45) is -1.13. The van der Waals surface area contributed by atoms with Gasteiger partial charge in [-0.15, -0.1) is 0 Å². The van der Waals surface area contributed by atoms with Crippen LogP contribution in [0.15, 0.2) is 0 Å². The SMILES string of the molecule is CC(OC(C)(C)C)C(OC(C)(C)C)C(=O)OC(C)(C)C. The normalized spacial score (nSPS) is 16.7. The molecule has 2 atom stereocenters. The molecule has 0 radical (unpaired) electrons.